The van der Waals surface area contributed by atoms with Crippen molar-refractivity contribution < 1.29 is 13.9 Å². The summed E-state index contributed by atoms with van der Waals surface area (Å²) < 4.78 is 9.66. The Hall–Kier alpha value is -1.41. The van der Waals surface area contributed by atoms with Crippen LogP contribution in [-0.4, -0.2) is 18.8 Å². The number of ether oxygens (including phenoxy) is 1. The number of methoxy groups -OCH3 is 1. The molecule has 1 heterocycles. The molecule has 0 unspecified atom stereocenters. The van der Waals surface area contributed by atoms with Crippen molar-refractivity contribution in [2.24, 2.45) is 0 Å². The summed E-state index contributed by atoms with van der Waals surface area (Å²) in [5.41, 5.74) is 0. The van der Waals surface area contributed by atoms with Crippen LogP contribution in [-0.2, 0) is 10.5 Å². The Morgan fingerprint density at radius 2 is 2.50 bits per heavy atom. The number of rotatable bonds is 4. The van der Waals surface area contributed by atoms with Gasteiger partial charge < -0.3 is 9.15 Å². The topological polar surface area (TPSA) is 63.2 Å². The Morgan fingerprint density at radius 3 is 3.14 bits per heavy atom. The minimum absolute atomic E-state index is 0.194. The van der Waals surface area contributed by atoms with E-state index in [4.69, 9.17) is 9.68 Å². The van der Waals surface area contributed by atoms with E-state index in [0.717, 1.165) is 0 Å². The van der Waals surface area contributed by atoms with Gasteiger partial charge >= 0.3 is 5.97 Å². The minimum atomic E-state index is -0.485. The van der Waals surface area contributed by atoms with Crippen LogP contribution < -0.4 is 0 Å². The number of thioether (sulfide) groups is 1. The Kier molecular flexibility index (Phi) is 4.08. The van der Waals surface area contributed by atoms with Crippen molar-refractivity contribution in [1.29, 1.82) is 5.26 Å². The van der Waals surface area contributed by atoms with Crippen molar-refractivity contribution in [3.8, 4) is 6.07 Å². The predicted octanol–water partition coefficient (Wildman–Crippen LogP) is 1.82. The minimum Gasteiger partial charge on any atom is -0.463 e. The molecule has 1 aromatic rings. The maximum absolute atomic E-state index is 11.0. The number of carbonyl (C=O) groups excluding carboxylic acids is 1. The van der Waals surface area contributed by atoms with Crippen molar-refractivity contribution in [3.63, 3.8) is 0 Å². The Bertz CT molecular complexity index is 353. The predicted molar refractivity (Wildman–Crippen MR) is 51.8 cm³/mol. The van der Waals surface area contributed by atoms with E-state index in [1.54, 1.807) is 12.1 Å². The molecule has 0 amide bonds. The van der Waals surface area contributed by atoms with E-state index < -0.39 is 5.97 Å². The fourth-order valence-corrected chi connectivity index (χ4v) is 1.41. The van der Waals surface area contributed by atoms with Gasteiger partial charge in [-0.2, -0.15) is 5.26 Å². The molecule has 4 nitrogen and oxygen atoms in total. The van der Waals surface area contributed by atoms with Gasteiger partial charge in [-0.3, -0.25) is 0 Å². The lowest BCUT2D eigenvalue weighted by Gasteiger charge is -1.94. The zero-order valence-corrected chi connectivity index (χ0v) is 8.47. The highest BCUT2D eigenvalue weighted by molar-refractivity contribution is 7.98. The zero-order valence-electron chi connectivity index (χ0n) is 7.65. The van der Waals surface area contributed by atoms with Crippen LogP contribution in [0.3, 0.4) is 0 Å². The maximum atomic E-state index is 11.0. The molecule has 0 bridgehead atoms. The Morgan fingerprint density at radius 1 is 1.71 bits per heavy atom. The molecule has 0 aliphatic rings. The number of furan rings is 1. The summed E-state index contributed by atoms with van der Waals surface area (Å²) in [4.78, 5) is 11.0. The van der Waals surface area contributed by atoms with Crippen LogP contribution in [0.4, 0.5) is 0 Å². The van der Waals surface area contributed by atoms with E-state index in [2.05, 4.69) is 4.74 Å². The van der Waals surface area contributed by atoms with Gasteiger partial charge in [0.05, 0.1) is 24.7 Å². The number of nitrogens with zero attached hydrogens (tertiary/aromatic N) is 1. The van der Waals surface area contributed by atoms with E-state index in [1.165, 1.54) is 18.9 Å². The Balaban J connectivity index is 2.51. The van der Waals surface area contributed by atoms with Gasteiger partial charge in [-0.15, -0.1) is 11.8 Å². The van der Waals surface area contributed by atoms with Crippen LogP contribution >= 0.6 is 11.8 Å². The fourth-order valence-electron chi connectivity index (χ4n) is 0.863. The SMILES string of the molecule is COC(=O)c1ccc(CSCC#N)o1. The standard InChI is InChI=1S/C9H9NO3S/c1-12-9(11)8-3-2-7(13-8)6-14-5-4-10/h2-3H,5-6H2,1H3. The molecule has 0 spiro atoms. The van der Waals surface area contributed by atoms with Gasteiger partial charge in [0.25, 0.3) is 0 Å². The molecule has 0 atom stereocenters. The van der Waals surface area contributed by atoms with E-state index in [1.807, 2.05) is 6.07 Å². The fraction of sp³-hybridized carbons (Fsp3) is 0.333. The largest absolute Gasteiger partial charge is 0.463 e. The van der Waals surface area contributed by atoms with E-state index in [-0.39, 0.29) is 5.76 Å². The molecular weight excluding hydrogens is 202 g/mol. The Labute approximate surface area is 85.8 Å². The molecule has 0 saturated carbocycles. The van der Waals surface area contributed by atoms with Crippen LogP contribution in [0.1, 0.15) is 16.3 Å². The van der Waals surface area contributed by atoms with E-state index in [0.29, 0.717) is 17.3 Å². The van der Waals surface area contributed by atoms with Gasteiger partial charge in [-0.25, -0.2) is 4.79 Å². The van der Waals surface area contributed by atoms with Gasteiger partial charge in [0.2, 0.25) is 5.76 Å². The highest BCUT2D eigenvalue weighted by Gasteiger charge is 2.10. The smallest absolute Gasteiger partial charge is 0.373 e. The van der Waals surface area contributed by atoms with Crippen LogP contribution in [0.15, 0.2) is 16.5 Å². The third-order valence-corrected chi connectivity index (χ3v) is 2.28. The lowest BCUT2D eigenvalue weighted by molar-refractivity contribution is 0.0563. The summed E-state index contributed by atoms with van der Waals surface area (Å²) in [6, 6.07) is 5.28. The molecule has 1 rings (SSSR count). The van der Waals surface area contributed by atoms with Crippen LogP contribution in [0, 0.1) is 11.3 Å². The molecule has 0 aromatic carbocycles. The van der Waals surface area contributed by atoms with Crippen molar-refractivity contribution in [1.82, 2.24) is 0 Å². The van der Waals surface area contributed by atoms with E-state index >= 15 is 0 Å². The lowest BCUT2D eigenvalue weighted by Crippen LogP contribution is -1.98. The molecule has 74 valence electrons. The lowest BCUT2D eigenvalue weighted by atomic mass is 10.4. The molecular formula is C9H9NO3S. The monoisotopic (exact) mass is 211 g/mol. The van der Waals surface area contributed by atoms with Crippen molar-refractivity contribution in [2.75, 3.05) is 12.9 Å². The first-order valence-corrected chi connectivity index (χ1v) is 5.05. The summed E-state index contributed by atoms with van der Waals surface area (Å²) in [5.74, 6) is 1.38. The summed E-state index contributed by atoms with van der Waals surface area (Å²) in [7, 11) is 1.30. The number of esters is 1. The van der Waals surface area contributed by atoms with Gasteiger partial charge in [0, 0.05) is 0 Å². The molecule has 14 heavy (non-hydrogen) atoms. The molecule has 0 radical (unpaired) electrons. The summed E-state index contributed by atoms with van der Waals surface area (Å²) in [6.45, 7) is 0. The summed E-state index contributed by atoms with van der Waals surface area (Å²) in [5, 5.41) is 8.30. The number of hydrogen-bond donors (Lipinski definition) is 0. The molecule has 0 saturated heterocycles. The third kappa shape index (κ3) is 2.82. The van der Waals surface area contributed by atoms with Crippen molar-refractivity contribution in [3.05, 3.63) is 23.7 Å². The van der Waals surface area contributed by atoms with Crippen LogP contribution in [0.25, 0.3) is 0 Å². The second kappa shape index (κ2) is 5.35. The van der Waals surface area contributed by atoms with Crippen LogP contribution in [0.5, 0.6) is 0 Å². The number of carbonyl (C=O) groups is 1. The molecule has 5 heteroatoms. The first-order chi connectivity index (χ1) is 6.77. The second-order valence-electron chi connectivity index (χ2n) is 2.41. The quantitative estimate of drug-likeness (QED) is 0.561. The molecule has 0 N–H and O–H groups in total. The average molecular weight is 211 g/mol. The second-order valence-corrected chi connectivity index (χ2v) is 3.39. The zero-order chi connectivity index (χ0) is 10.4. The molecule has 0 aliphatic heterocycles. The van der Waals surface area contributed by atoms with Crippen LogP contribution in [0.2, 0.25) is 0 Å². The average Bonchev–Trinajstić information content (AvgIpc) is 2.66. The maximum Gasteiger partial charge on any atom is 0.373 e. The van der Waals surface area contributed by atoms with Crippen molar-refractivity contribution in [2.45, 2.75) is 5.75 Å². The van der Waals surface area contributed by atoms with Gasteiger partial charge in [-0.05, 0) is 12.1 Å². The number of hydrogen-bond acceptors (Lipinski definition) is 5. The highest BCUT2D eigenvalue weighted by atomic mass is 32.2. The first kappa shape index (κ1) is 10.7. The van der Waals surface area contributed by atoms with Crippen molar-refractivity contribution >= 4 is 17.7 Å². The first-order valence-electron chi connectivity index (χ1n) is 3.89. The summed E-state index contributed by atoms with van der Waals surface area (Å²) in [6.07, 6.45) is 0. The highest BCUT2D eigenvalue weighted by Crippen LogP contribution is 2.15. The third-order valence-electron chi connectivity index (χ3n) is 1.46. The molecule has 0 fully saturated rings. The molecule has 0 aliphatic carbocycles. The van der Waals surface area contributed by atoms with Gasteiger partial charge in [0.1, 0.15) is 5.76 Å². The number of nitriles is 1. The van der Waals surface area contributed by atoms with Gasteiger partial charge in [0.15, 0.2) is 0 Å². The summed E-state index contributed by atoms with van der Waals surface area (Å²) >= 11 is 1.43. The van der Waals surface area contributed by atoms with E-state index in [9.17, 15) is 4.79 Å². The van der Waals surface area contributed by atoms with Gasteiger partial charge in [-0.1, -0.05) is 0 Å². The normalized spacial score (nSPS) is 9.43. The molecule has 1 aromatic heterocycles.